The van der Waals surface area contributed by atoms with Crippen LogP contribution in [-0.2, 0) is 12.8 Å². The maximum atomic E-state index is 6.00. The molecule has 2 rings (SSSR count). The van der Waals surface area contributed by atoms with Crippen molar-refractivity contribution in [3.8, 4) is 11.5 Å². The first-order chi connectivity index (χ1) is 9.52. The minimum atomic E-state index is 0.471. The van der Waals surface area contributed by atoms with Crippen LogP contribution in [0.25, 0.3) is 11.5 Å². The summed E-state index contributed by atoms with van der Waals surface area (Å²) in [4.78, 5) is 13.4. The van der Waals surface area contributed by atoms with Gasteiger partial charge >= 0.3 is 0 Å². The SMILES string of the molecule is CCc1cccnc1-c1nc(N)c(Br)c(CC(C)C)n1. The number of halogens is 1. The highest BCUT2D eigenvalue weighted by atomic mass is 79.9. The van der Waals surface area contributed by atoms with Crippen molar-refractivity contribution in [2.24, 2.45) is 5.92 Å². The fourth-order valence-corrected chi connectivity index (χ4v) is 2.41. The molecule has 0 atom stereocenters. The number of nitrogens with two attached hydrogens (primary N) is 1. The van der Waals surface area contributed by atoms with E-state index in [2.05, 4.69) is 51.7 Å². The first-order valence-electron chi connectivity index (χ1n) is 6.79. The zero-order valence-electron chi connectivity index (χ0n) is 12.0. The first-order valence-corrected chi connectivity index (χ1v) is 7.58. The number of nitrogens with zero attached hydrogens (tertiary/aromatic N) is 3. The molecule has 0 aliphatic rings. The van der Waals surface area contributed by atoms with Crippen molar-refractivity contribution in [3.63, 3.8) is 0 Å². The van der Waals surface area contributed by atoms with Gasteiger partial charge in [-0.3, -0.25) is 4.98 Å². The molecule has 106 valence electrons. The van der Waals surface area contributed by atoms with Crippen molar-refractivity contribution in [1.82, 2.24) is 15.0 Å². The molecule has 2 N–H and O–H groups in total. The second-order valence-corrected chi connectivity index (χ2v) is 5.95. The first kappa shape index (κ1) is 14.9. The lowest BCUT2D eigenvalue weighted by atomic mass is 10.1. The van der Waals surface area contributed by atoms with Gasteiger partial charge in [0.2, 0.25) is 0 Å². The third-order valence-corrected chi connectivity index (χ3v) is 3.89. The van der Waals surface area contributed by atoms with Crippen LogP contribution in [0.5, 0.6) is 0 Å². The van der Waals surface area contributed by atoms with E-state index in [1.165, 1.54) is 0 Å². The summed E-state index contributed by atoms with van der Waals surface area (Å²) in [6.45, 7) is 6.41. The molecule has 0 spiro atoms. The Balaban J connectivity index is 2.54. The van der Waals surface area contributed by atoms with Gasteiger partial charge in [-0.05, 0) is 46.3 Å². The molecule has 20 heavy (non-hydrogen) atoms. The molecule has 0 aliphatic heterocycles. The summed E-state index contributed by atoms with van der Waals surface area (Å²) >= 11 is 3.48. The highest BCUT2D eigenvalue weighted by Gasteiger charge is 2.15. The van der Waals surface area contributed by atoms with Crippen molar-refractivity contribution in [2.75, 3.05) is 5.73 Å². The van der Waals surface area contributed by atoms with Gasteiger partial charge < -0.3 is 5.73 Å². The highest BCUT2D eigenvalue weighted by molar-refractivity contribution is 9.10. The van der Waals surface area contributed by atoms with E-state index in [9.17, 15) is 0 Å². The molecule has 0 aliphatic carbocycles. The predicted octanol–water partition coefficient (Wildman–Crippen LogP) is 3.64. The third-order valence-electron chi connectivity index (χ3n) is 3.03. The van der Waals surface area contributed by atoms with Gasteiger partial charge in [-0.2, -0.15) is 0 Å². The second kappa shape index (κ2) is 6.31. The highest BCUT2D eigenvalue weighted by Crippen LogP contribution is 2.27. The van der Waals surface area contributed by atoms with E-state index in [0.29, 0.717) is 17.6 Å². The van der Waals surface area contributed by atoms with Crippen LogP contribution in [0.1, 0.15) is 32.0 Å². The van der Waals surface area contributed by atoms with E-state index < -0.39 is 0 Å². The number of nitrogen functional groups attached to an aromatic ring is 1. The molecule has 2 aromatic heterocycles. The molecule has 4 nitrogen and oxygen atoms in total. The summed E-state index contributed by atoms with van der Waals surface area (Å²) < 4.78 is 0.795. The molecule has 0 aromatic carbocycles. The van der Waals surface area contributed by atoms with E-state index >= 15 is 0 Å². The number of pyridine rings is 1. The summed E-state index contributed by atoms with van der Waals surface area (Å²) in [5.41, 5.74) is 8.89. The molecular formula is C15H19BrN4. The Kier molecular flexibility index (Phi) is 4.70. The Labute approximate surface area is 128 Å². The average molecular weight is 335 g/mol. The molecule has 0 saturated carbocycles. The van der Waals surface area contributed by atoms with Gasteiger partial charge in [0, 0.05) is 6.20 Å². The lowest BCUT2D eigenvalue weighted by Gasteiger charge is -2.12. The largest absolute Gasteiger partial charge is 0.383 e. The van der Waals surface area contributed by atoms with Gasteiger partial charge in [-0.1, -0.05) is 26.8 Å². The Hall–Kier alpha value is -1.49. The molecule has 0 amide bonds. The van der Waals surface area contributed by atoms with Crippen LogP contribution in [0.4, 0.5) is 5.82 Å². The van der Waals surface area contributed by atoms with Crippen molar-refractivity contribution >= 4 is 21.7 Å². The Morgan fingerprint density at radius 2 is 2.05 bits per heavy atom. The Bertz CT molecular complexity index is 611. The van der Waals surface area contributed by atoms with Gasteiger partial charge in [-0.15, -0.1) is 0 Å². The van der Waals surface area contributed by atoms with E-state index in [4.69, 9.17) is 5.73 Å². The van der Waals surface area contributed by atoms with Crippen LogP contribution in [0, 0.1) is 5.92 Å². The average Bonchev–Trinajstić information content (AvgIpc) is 2.43. The van der Waals surface area contributed by atoms with Gasteiger partial charge in [0.25, 0.3) is 0 Å². The molecular weight excluding hydrogens is 316 g/mol. The van der Waals surface area contributed by atoms with Crippen LogP contribution in [0.2, 0.25) is 0 Å². The lowest BCUT2D eigenvalue weighted by Crippen LogP contribution is -2.07. The normalized spacial score (nSPS) is 11.1. The lowest BCUT2D eigenvalue weighted by molar-refractivity contribution is 0.632. The minimum Gasteiger partial charge on any atom is -0.383 e. The summed E-state index contributed by atoms with van der Waals surface area (Å²) in [6.07, 6.45) is 3.51. The zero-order valence-corrected chi connectivity index (χ0v) is 13.6. The standard InChI is InChI=1S/C15H19BrN4/c1-4-10-6-5-7-18-13(10)15-19-11(8-9(2)3)12(16)14(17)20-15/h5-7,9H,4,8H2,1-3H3,(H2,17,19,20). The summed E-state index contributed by atoms with van der Waals surface area (Å²) in [5.74, 6) is 1.58. The minimum absolute atomic E-state index is 0.471. The van der Waals surface area contributed by atoms with Crippen molar-refractivity contribution in [2.45, 2.75) is 33.6 Å². The zero-order chi connectivity index (χ0) is 14.7. The van der Waals surface area contributed by atoms with E-state index in [1.54, 1.807) is 6.20 Å². The molecule has 2 heterocycles. The molecule has 0 bridgehead atoms. The maximum Gasteiger partial charge on any atom is 0.180 e. The number of anilines is 1. The van der Waals surface area contributed by atoms with Crippen LogP contribution < -0.4 is 5.73 Å². The van der Waals surface area contributed by atoms with Gasteiger partial charge in [0.15, 0.2) is 5.82 Å². The molecule has 0 radical (unpaired) electrons. The van der Waals surface area contributed by atoms with Crippen LogP contribution in [-0.4, -0.2) is 15.0 Å². The molecule has 5 heteroatoms. The number of rotatable bonds is 4. The molecule has 0 saturated heterocycles. The van der Waals surface area contributed by atoms with Crippen molar-refractivity contribution < 1.29 is 0 Å². The smallest absolute Gasteiger partial charge is 0.180 e. The van der Waals surface area contributed by atoms with E-state index in [1.807, 2.05) is 12.1 Å². The predicted molar refractivity (Wildman–Crippen MR) is 85.3 cm³/mol. The number of aryl methyl sites for hydroxylation is 1. The topological polar surface area (TPSA) is 64.7 Å². The number of hydrogen-bond acceptors (Lipinski definition) is 4. The third kappa shape index (κ3) is 3.15. The number of hydrogen-bond donors (Lipinski definition) is 1. The van der Waals surface area contributed by atoms with Crippen molar-refractivity contribution in [1.29, 1.82) is 0 Å². The summed E-state index contributed by atoms with van der Waals surface area (Å²) in [5, 5.41) is 0. The van der Waals surface area contributed by atoms with E-state index in [-0.39, 0.29) is 0 Å². The monoisotopic (exact) mass is 334 g/mol. The molecule has 0 unspecified atom stereocenters. The molecule has 2 aromatic rings. The maximum absolute atomic E-state index is 6.00. The summed E-state index contributed by atoms with van der Waals surface area (Å²) in [7, 11) is 0. The quantitative estimate of drug-likeness (QED) is 0.926. The van der Waals surface area contributed by atoms with Crippen molar-refractivity contribution in [3.05, 3.63) is 34.1 Å². The second-order valence-electron chi connectivity index (χ2n) is 5.16. The Morgan fingerprint density at radius 1 is 1.30 bits per heavy atom. The van der Waals surface area contributed by atoms with Crippen LogP contribution in [0.3, 0.4) is 0 Å². The Morgan fingerprint density at radius 3 is 2.70 bits per heavy atom. The fraction of sp³-hybridized carbons (Fsp3) is 0.400. The summed E-state index contributed by atoms with van der Waals surface area (Å²) in [6, 6.07) is 3.98. The van der Waals surface area contributed by atoms with Crippen LogP contribution in [0.15, 0.2) is 22.8 Å². The molecule has 0 fully saturated rings. The van der Waals surface area contributed by atoms with Gasteiger partial charge in [0.1, 0.15) is 11.5 Å². The van der Waals surface area contributed by atoms with Gasteiger partial charge in [-0.25, -0.2) is 9.97 Å². The van der Waals surface area contributed by atoms with Gasteiger partial charge in [0.05, 0.1) is 10.2 Å². The van der Waals surface area contributed by atoms with Crippen LogP contribution >= 0.6 is 15.9 Å². The number of aromatic nitrogens is 3. The van der Waals surface area contributed by atoms with E-state index in [0.717, 1.165) is 34.3 Å². The fourth-order valence-electron chi connectivity index (χ4n) is 2.07.